The first kappa shape index (κ1) is 17.4. The molecule has 0 amide bonds. The third-order valence-electron chi connectivity index (χ3n) is 2.65. The fourth-order valence-electron chi connectivity index (χ4n) is 1.65. The van der Waals surface area contributed by atoms with E-state index in [4.69, 9.17) is 4.74 Å². The molecule has 5 heteroatoms. The zero-order valence-corrected chi connectivity index (χ0v) is 12.5. The molecule has 1 N–H and O–H groups in total. The van der Waals surface area contributed by atoms with Gasteiger partial charge in [0.1, 0.15) is 0 Å². The van der Waals surface area contributed by atoms with Crippen LogP contribution in [0.25, 0.3) is 0 Å². The minimum atomic E-state index is -0.703. The van der Waals surface area contributed by atoms with E-state index in [0.29, 0.717) is 18.8 Å². The van der Waals surface area contributed by atoms with E-state index in [-0.39, 0.29) is 23.4 Å². The fourth-order valence-corrected chi connectivity index (χ4v) is 2.40. The molecule has 0 fully saturated rings. The largest absolute Gasteiger partial charge is 0.466 e. The second-order valence-electron chi connectivity index (χ2n) is 4.44. The number of thioether (sulfide) groups is 1. The molecule has 0 aliphatic heterocycles. The fraction of sp³-hybridized carbons (Fsp3) is 0.846. The minimum Gasteiger partial charge on any atom is -0.466 e. The van der Waals surface area contributed by atoms with Crippen molar-refractivity contribution in [2.45, 2.75) is 46.6 Å². The molecule has 0 saturated carbocycles. The third kappa shape index (κ3) is 6.40. The highest BCUT2D eigenvalue weighted by molar-refractivity contribution is 8.13. The van der Waals surface area contributed by atoms with Gasteiger partial charge in [-0.05, 0) is 25.0 Å². The highest BCUT2D eigenvalue weighted by Gasteiger charge is 2.29. The van der Waals surface area contributed by atoms with E-state index in [1.165, 1.54) is 11.8 Å². The molecular weight excluding hydrogens is 252 g/mol. The number of aliphatic hydroxyl groups is 1. The highest BCUT2D eigenvalue weighted by atomic mass is 32.2. The molecule has 0 rings (SSSR count). The predicted octanol–water partition coefficient (Wildman–Crippen LogP) is 2.24. The molecule has 4 nitrogen and oxygen atoms in total. The number of esters is 1. The molecule has 106 valence electrons. The SMILES string of the molecule is CCOC(=O)CC[C@H](C(=O)SCC)[C@@H](O)C(C)C. The molecule has 18 heavy (non-hydrogen) atoms. The van der Waals surface area contributed by atoms with E-state index in [2.05, 4.69) is 0 Å². The van der Waals surface area contributed by atoms with Crippen LogP contribution in [0.5, 0.6) is 0 Å². The van der Waals surface area contributed by atoms with Gasteiger partial charge in [0.25, 0.3) is 0 Å². The molecule has 0 bridgehead atoms. The number of hydrogen-bond donors (Lipinski definition) is 1. The van der Waals surface area contributed by atoms with Gasteiger partial charge in [-0.25, -0.2) is 0 Å². The van der Waals surface area contributed by atoms with Crippen LogP contribution in [0.15, 0.2) is 0 Å². The molecule has 0 unspecified atom stereocenters. The Kier molecular flexibility index (Phi) is 9.10. The van der Waals surface area contributed by atoms with Crippen LogP contribution >= 0.6 is 11.8 Å². The van der Waals surface area contributed by atoms with Gasteiger partial charge in [0.05, 0.1) is 18.6 Å². The van der Waals surface area contributed by atoms with Gasteiger partial charge in [-0.3, -0.25) is 9.59 Å². The van der Waals surface area contributed by atoms with Crippen molar-refractivity contribution in [3.05, 3.63) is 0 Å². The van der Waals surface area contributed by atoms with Gasteiger partial charge in [0, 0.05) is 6.42 Å². The summed E-state index contributed by atoms with van der Waals surface area (Å²) in [7, 11) is 0. The molecule has 0 radical (unpaired) electrons. The monoisotopic (exact) mass is 276 g/mol. The number of ether oxygens (including phenoxy) is 1. The lowest BCUT2D eigenvalue weighted by atomic mass is 9.90. The minimum absolute atomic E-state index is 0.00129. The van der Waals surface area contributed by atoms with E-state index in [9.17, 15) is 14.7 Å². The molecule has 0 aromatic rings. The van der Waals surface area contributed by atoms with Crippen molar-refractivity contribution in [3.63, 3.8) is 0 Å². The molecule has 0 spiro atoms. The summed E-state index contributed by atoms with van der Waals surface area (Å²) in [6.45, 7) is 7.72. The van der Waals surface area contributed by atoms with Crippen molar-refractivity contribution in [2.24, 2.45) is 11.8 Å². The third-order valence-corrected chi connectivity index (χ3v) is 3.53. The smallest absolute Gasteiger partial charge is 0.305 e. The van der Waals surface area contributed by atoms with Crippen LogP contribution in [-0.2, 0) is 14.3 Å². The van der Waals surface area contributed by atoms with E-state index in [1.54, 1.807) is 6.92 Å². The normalized spacial score (nSPS) is 14.3. The van der Waals surface area contributed by atoms with E-state index in [0.717, 1.165) is 0 Å². The summed E-state index contributed by atoms with van der Waals surface area (Å²) in [5.74, 6) is -0.120. The Labute approximate surface area is 113 Å². The summed E-state index contributed by atoms with van der Waals surface area (Å²) in [5.41, 5.74) is 0. The van der Waals surface area contributed by atoms with Crippen molar-refractivity contribution in [1.29, 1.82) is 0 Å². The van der Waals surface area contributed by atoms with Crippen LogP contribution in [0, 0.1) is 11.8 Å². The Morgan fingerprint density at radius 1 is 1.28 bits per heavy atom. The van der Waals surface area contributed by atoms with Crippen LogP contribution in [-0.4, -0.2) is 34.7 Å². The lowest BCUT2D eigenvalue weighted by molar-refractivity contribution is -0.143. The number of carbonyl (C=O) groups is 2. The molecule has 0 aromatic carbocycles. The summed E-state index contributed by atoms with van der Waals surface area (Å²) < 4.78 is 4.83. The first-order valence-corrected chi connectivity index (χ1v) is 7.42. The topological polar surface area (TPSA) is 63.6 Å². The summed E-state index contributed by atoms with van der Waals surface area (Å²) in [6.07, 6.45) is -0.173. The standard InChI is InChI=1S/C13H24O4S/c1-5-17-11(14)8-7-10(12(15)9(3)4)13(16)18-6-2/h9-10,12,15H,5-8H2,1-4H3/t10-,12-/m0/s1. The second-order valence-corrected chi connectivity index (χ2v) is 5.71. The van der Waals surface area contributed by atoms with Gasteiger partial charge < -0.3 is 9.84 Å². The van der Waals surface area contributed by atoms with Crippen molar-refractivity contribution in [3.8, 4) is 0 Å². The number of hydrogen-bond acceptors (Lipinski definition) is 5. The Morgan fingerprint density at radius 2 is 1.89 bits per heavy atom. The van der Waals surface area contributed by atoms with Crippen LogP contribution in [0.4, 0.5) is 0 Å². The molecular formula is C13H24O4S. The maximum absolute atomic E-state index is 11.9. The van der Waals surface area contributed by atoms with Gasteiger partial charge in [-0.15, -0.1) is 0 Å². The maximum Gasteiger partial charge on any atom is 0.305 e. The second kappa shape index (κ2) is 9.39. The Bertz CT molecular complexity index is 266. The average molecular weight is 276 g/mol. The van der Waals surface area contributed by atoms with Crippen LogP contribution in [0.2, 0.25) is 0 Å². The van der Waals surface area contributed by atoms with Crippen molar-refractivity contribution in [1.82, 2.24) is 0 Å². The lowest BCUT2D eigenvalue weighted by Gasteiger charge is -2.23. The zero-order valence-electron chi connectivity index (χ0n) is 11.6. The maximum atomic E-state index is 11.9. The lowest BCUT2D eigenvalue weighted by Crippen LogP contribution is -2.31. The molecule has 0 aliphatic carbocycles. The van der Waals surface area contributed by atoms with Crippen molar-refractivity contribution < 1.29 is 19.4 Å². The van der Waals surface area contributed by atoms with Crippen LogP contribution in [0.3, 0.4) is 0 Å². The van der Waals surface area contributed by atoms with Crippen molar-refractivity contribution >= 4 is 22.8 Å². The average Bonchev–Trinajstić information content (AvgIpc) is 2.29. The van der Waals surface area contributed by atoms with E-state index >= 15 is 0 Å². The molecule has 0 aliphatic rings. The van der Waals surface area contributed by atoms with Crippen LogP contribution in [0.1, 0.15) is 40.5 Å². The molecule has 2 atom stereocenters. The van der Waals surface area contributed by atoms with E-state index < -0.39 is 12.0 Å². The summed E-state index contributed by atoms with van der Waals surface area (Å²) >= 11 is 1.20. The summed E-state index contributed by atoms with van der Waals surface area (Å²) in [6, 6.07) is 0. The number of rotatable bonds is 8. The van der Waals surface area contributed by atoms with Gasteiger partial charge in [-0.1, -0.05) is 32.5 Å². The first-order valence-electron chi connectivity index (χ1n) is 6.44. The Balaban J connectivity index is 4.47. The number of aliphatic hydroxyl groups excluding tert-OH is 1. The number of carbonyl (C=O) groups excluding carboxylic acids is 2. The van der Waals surface area contributed by atoms with Gasteiger partial charge in [0.2, 0.25) is 0 Å². The van der Waals surface area contributed by atoms with Crippen LogP contribution < -0.4 is 0 Å². The first-order chi connectivity index (χ1) is 8.43. The Hall–Kier alpha value is -0.550. The summed E-state index contributed by atoms with van der Waals surface area (Å²) in [4.78, 5) is 23.2. The quantitative estimate of drug-likeness (QED) is 0.689. The van der Waals surface area contributed by atoms with E-state index in [1.807, 2.05) is 20.8 Å². The van der Waals surface area contributed by atoms with Crippen molar-refractivity contribution in [2.75, 3.05) is 12.4 Å². The van der Waals surface area contributed by atoms with Gasteiger partial charge >= 0.3 is 5.97 Å². The van der Waals surface area contributed by atoms with Gasteiger partial charge in [-0.2, -0.15) is 0 Å². The molecule has 0 aromatic heterocycles. The molecule has 0 saturated heterocycles. The summed E-state index contributed by atoms with van der Waals surface area (Å²) in [5, 5.41) is 10.0. The predicted molar refractivity (Wildman–Crippen MR) is 73.3 cm³/mol. The zero-order chi connectivity index (χ0) is 14.1. The Morgan fingerprint density at radius 3 is 2.33 bits per heavy atom. The highest BCUT2D eigenvalue weighted by Crippen LogP contribution is 2.24. The molecule has 0 heterocycles. The van der Waals surface area contributed by atoms with Gasteiger partial charge in [0.15, 0.2) is 5.12 Å².